The van der Waals surface area contributed by atoms with E-state index in [0.29, 0.717) is 30.1 Å². The molecule has 0 aliphatic rings. The minimum atomic E-state index is -0.268. The van der Waals surface area contributed by atoms with E-state index in [-0.39, 0.29) is 11.1 Å². The molecule has 154 valence electrons. The molecular weight excluding hydrogens is 378 g/mol. The van der Waals surface area contributed by atoms with Crippen LogP contribution in [0.3, 0.4) is 0 Å². The van der Waals surface area contributed by atoms with E-state index in [1.165, 1.54) is 0 Å². The van der Waals surface area contributed by atoms with Gasteiger partial charge >= 0.3 is 0 Å². The third kappa shape index (κ3) is 4.35. The summed E-state index contributed by atoms with van der Waals surface area (Å²) in [5.74, 6) is 1.23. The second-order valence-corrected chi connectivity index (χ2v) is 8.15. The van der Waals surface area contributed by atoms with E-state index in [2.05, 4.69) is 20.4 Å². The standard InChI is InChI=1S/C23H25N5O2/c1-23(2,3)28-20-19(14-25-28)21(29)27-22(26-20)24-13-16-9-11-18(12-10-16)30-15-17-7-5-4-6-8-17/h4-12,14H,13,15H2,1-3H3,(H2,24,26,27,29). The number of aromatic amines is 1. The van der Waals surface area contributed by atoms with Gasteiger partial charge < -0.3 is 10.1 Å². The average Bonchev–Trinajstić information content (AvgIpc) is 3.17. The smallest absolute Gasteiger partial charge is 0.263 e. The van der Waals surface area contributed by atoms with Crippen LogP contribution in [0.5, 0.6) is 5.75 Å². The zero-order chi connectivity index (χ0) is 21.1. The van der Waals surface area contributed by atoms with Gasteiger partial charge in [-0.3, -0.25) is 9.78 Å². The Kier molecular flexibility index (Phi) is 5.27. The summed E-state index contributed by atoms with van der Waals surface area (Å²) in [6.07, 6.45) is 1.56. The molecule has 7 nitrogen and oxygen atoms in total. The highest BCUT2D eigenvalue weighted by molar-refractivity contribution is 5.74. The number of anilines is 1. The summed E-state index contributed by atoms with van der Waals surface area (Å²) < 4.78 is 7.59. The molecule has 0 saturated carbocycles. The zero-order valence-corrected chi connectivity index (χ0v) is 17.3. The lowest BCUT2D eigenvalue weighted by Crippen LogP contribution is -2.24. The van der Waals surface area contributed by atoms with Crippen molar-refractivity contribution in [1.82, 2.24) is 19.7 Å². The highest BCUT2D eigenvalue weighted by Crippen LogP contribution is 2.19. The number of nitrogens with zero attached hydrogens (tertiary/aromatic N) is 3. The topological polar surface area (TPSA) is 84.8 Å². The van der Waals surface area contributed by atoms with Crippen molar-refractivity contribution in [2.45, 2.75) is 39.5 Å². The van der Waals surface area contributed by atoms with Crippen LogP contribution in [0.15, 0.2) is 65.6 Å². The zero-order valence-electron chi connectivity index (χ0n) is 17.3. The Morgan fingerprint density at radius 3 is 2.47 bits per heavy atom. The van der Waals surface area contributed by atoms with Gasteiger partial charge in [0.05, 0.1) is 11.7 Å². The maximum Gasteiger partial charge on any atom is 0.263 e. The average molecular weight is 403 g/mol. The molecule has 30 heavy (non-hydrogen) atoms. The highest BCUT2D eigenvalue weighted by atomic mass is 16.5. The Bertz CT molecular complexity index is 1190. The lowest BCUT2D eigenvalue weighted by Gasteiger charge is -2.19. The SMILES string of the molecule is CC(C)(C)n1ncc2c(=O)[nH]c(NCc3ccc(OCc4ccccc4)cc3)nc21. The minimum Gasteiger partial charge on any atom is -0.489 e. The van der Waals surface area contributed by atoms with Crippen molar-refractivity contribution in [3.8, 4) is 5.75 Å². The highest BCUT2D eigenvalue weighted by Gasteiger charge is 2.19. The molecule has 2 N–H and O–H groups in total. The fraction of sp³-hybridized carbons (Fsp3) is 0.261. The summed E-state index contributed by atoms with van der Waals surface area (Å²) in [6, 6.07) is 17.9. The van der Waals surface area contributed by atoms with Gasteiger partial charge in [-0.25, -0.2) is 4.68 Å². The second kappa shape index (κ2) is 8.02. The lowest BCUT2D eigenvalue weighted by atomic mass is 10.1. The van der Waals surface area contributed by atoms with Crippen LogP contribution in [0, 0.1) is 0 Å². The van der Waals surface area contributed by atoms with Crippen LogP contribution in [-0.4, -0.2) is 19.7 Å². The lowest BCUT2D eigenvalue weighted by molar-refractivity contribution is 0.306. The molecule has 0 spiro atoms. The fourth-order valence-electron chi connectivity index (χ4n) is 3.12. The molecule has 0 aliphatic carbocycles. The number of hydrogen-bond donors (Lipinski definition) is 2. The number of fused-ring (bicyclic) bond motifs is 1. The molecule has 4 aromatic rings. The number of rotatable bonds is 6. The number of ether oxygens (including phenoxy) is 1. The molecule has 0 bridgehead atoms. The van der Waals surface area contributed by atoms with Crippen LogP contribution in [-0.2, 0) is 18.7 Å². The monoisotopic (exact) mass is 403 g/mol. The van der Waals surface area contributed by atoms with E-state index in [4.69, 9.17) is 4.74 Å². The summed E-state index contributed by atoms with van der Waals surface area (Å²) in [5, 5.41) is 8.00. The number of aromatic nitrogens is 4. The van der Waals surface area contributed by atoms with Gasteiger partial charge in [0.15, 0.2) is 5.65 Å². The van der Waals surface area contributed by atoms with Gasteiger partial charge in [0.1, 0.15) is 17.7 Å². The van der Waals surface area contributed by atoms with Crippen molar-refractivity contribution in [3.63, 3.8) is 0 Å². The molecule has 0 fully saturated rings. The van der Waals surface area contributed by atoms with Crippen molar-refractivity contribution >= 4 is 17.0 Å². The Hall–Kier alpha value is -3.61. The first-order chi connectivity index (χ1) is 14.4. The summed E-state index contributed by atoms with van der Waals surface area (Å²) in [6.45, 7) is 7.13. The van der Waals surface area contributed by atoms with E-state index >= 15 is 0 Å². The van der Waals surface area contributed by atoms with Crippen LogP contribution < -0.4 is 15.6 Å². The molecule has 0 aliphatic heterocycles. The molecule has 0 saturated heterocycles. The van der Waals surface area contributed by atoms with Gasteiger partial charge in [0.2, 0.25) is 5.95 Å². The maximum absolute atomic E-state index is 12.4. The molecular formula is C23H25N5O2. The van der Waals surface area contributed by atoms with E-state index in [1.54, 1.807) is 10.9 Å². The Morgan fingerprint density at radius 2 is 1.77 bits per heavy atom. The van der Waals surface area contributed by atoms with Crippen molar-refractivity contribution in [1.29, 1.82) is 0 Å². The minimum absolute atomic E-state index is 0.206. The summed E-state index contributed by atoms with van der Waals surface area (Å²) in [4.78, 5) is 19.7. The number of hydrogen-bond acceptors (Lipinski definition) is 5. The van der Waals surface area contributed by atoms with Crippen molar-refractivity contribution in [2.75, 3.05) is 5.32 Å². The number of nitrogens with one attached hydrogen (secondary N) is 2. The first kappa shape index (κ1) is 19.7. The first-order valence-electron chi connectivity index (χ1n) is 9.88. The van der Waals surface area contributed by atoms with Crippen molar-refractivity contribution in [2.24, 2.45) is 0 Å². The van der Waals surface area contributed by atoms with E-state index in [9.17, 15) is 4.79 Å². The van der Waals surface area contributed by atoms with Crippen LogP contribution in [0.4, 0.5) is 5.95 Å². The Labute approximate surface area is 174 Å². The fourth-order valence-corrected chi connectivity index (χ4v) is 3.12. The molecule has 4 rings (SSSR count). The van der Waals surface area contributed by atoms with Crippen LogP contribution in [0.25, 0.3) is 11.0 Å². The molecule has 0 radical (unpaired) electrons. The molecule has 2 aromatic heterocycles. The number of benzene rings is 2. The van der Waals surface area contributed by atoms with E-state index in [0.717, 1.165) is 16.9 Å². The van der Waals surface area contributed by atoms with Gasteiger partial charge in [0, 0.05) is 6.54 Å². The molecule has 0 amide bonds. The van der Waals surface area contributed by atoms with Crippen LogP contribution >= 0.6 is 0 Å². The largest absolute Gasteiger partial charge is 0.489 e. The van der Waals surface area contributed by atoms with Gasteiger partial charge in [-0.15, -0.1) is 0 Å². The van der Waals surface area contributed by atoms with Gasteiger partial charge in [0.25, 0.3) is 5.56 Å². The van der Waals surface area contributed by atoms with Gasteiger partial charge in [-0.2, -0.15) is 10.1 Å². The maximum atomic E-state index is 12.4. The van der Waals surface area contributed by atoms with Gasteiger partial charge in [-0.05, 0) is 44.0 Å². The second-order valence-electron chi connectivity index (χ2n) is 8.15. The van der Waals surface area contributed by atoms with E-state index in [1.807, 2.05) is 75.4 Å². The number of H-pyrrole nitrogens is 1. The molecule has 2 heterocycles. The normalized spacial score (nSPS) is 11.6. The first-order valence-corrected chi connectivity index (χ1v) is 9.88. The molecule has 2 aromatic carbocycles. The van der Waals surface area contributed by atoms with Crippen LogP contribution in [0.2, 0.25) is 0 Å². The Balaban J connectivity index is 1.43. The predicted octanol–water partition coefficient (Wildman–Crippen LogP) is 4.07. The summed E-state index contributed by atoms with van der Waals surface area (Å²) >= 11 is 0. The van der Waals surface area contributed by atoms with Crippen molar-refractivity contribution in [3.05, 3.63) is 82.3 Å². The van der Waals surface area contributed by atoms with Crippen molar-refractivity contribution < 1.29 is 4.74 Å². The third-order valence-electron chi connectivity index (χ3n) is 4.71. The van der Waals surface area contributed by atoms with Crippen LogP contribution in [0.1, 0.15) is 31.9 Å². The Morgan fingerprint density at radius 1 is 1.03 bits per heavy atom. The molecule has 0 unspecified atom stereocenters. The third-order valence-corrected chi connectivity index (χ3v) is 4.71. The quantitative estimate of drug-likeness (QED) is 0.507. The van der Waals surface area contributed by atoms with Gasteiger partial charge in [-0.1, -0.05) is 42.5 Å². The predicted molar refractivity (Wildman–Crippen MR) is 118 cm³/mol. The van der Waals surface area contributed by atoms with E-state index < -0.39 is 0 Å². The summed E-state index contributed by atoms with van der Waals surface area (Å²) in [7, 11) is 0. The molecule has 7 heteroatoms. The molecule has 0 atom stereocenters. The summed E-state index contributed by atoms with van der Waals surface area (Å²) in [5.41, 5.74) is 2.27.